The number of nitrogens with zero attached hydrogens (tertiary/aromatic N) is 1. The van der Waals surface area contributed by atoms with Crippen molar-refractivity contribution < 1.29 is 14.1 Å². The third-order valence-corrected chi connectivity index (χ3v) is 3.53. The first kappa shape index (κ1) is 15.3. The van der Waals surface area contributed by atoms with Gasteiger partial charge in [0.15, 0.2) is 5.76 Å². The number of furan rings is 1. The van der Waals surface area contributed by atoms with E-state index >= 15 is 0 Å². The fourth-order valence-corrected chi connectivity index (χ4v) is 1.99. The van der Waals surface area contributed by atoms with Crippen LogP contribution in [0.15, 0.2) is 34.7 Å². The SMILES string of the molecule is CC(NC(=O)c1ccc([N+](=O)[O-])o1)c1ccc(Cl)c(Cl)c1. The van der Waals surface area contributed by atoms with Crippen molar-refractivity contribution in [1.82, 2.24) is 5.32 Å². The first-order valence-corrected chi connectivity index (χ1v) is 6.64. The average molecular weight is 329 g/mol. The monoisotopic (exact) mass is 328 g/mol. The molecular formula is C13H10Cl2N2O4. The molecule has 1 atom stereocenters. The van der Waals surface area contributed by atoms with Gasteiger partial charge >= 0.3 is 5.88 Å². The first-order valence-electron chi connectivity index (χ1n) is 5.88. The lowest BCUT2D eigenvalue weighted by Crippen LogP contribution is -2.26. The maximum absolute atomic E-state index is 11.9. The standard InChI is InChI=1S/C13H10Cl2N2O4/c1-7(8-2-3-9(14)10(15)6-8)16-13(18)11-4-5-12(21-11)17(19)20/h2-7H,1H3,(H,16,18). The second kappa shape index (κ2) is 6.15. The molecule has 0 aliphatic rings. The molecular weight excluding hydrogens is 319 g/mol. The molecule has 0 aliphatic heterocycles. The molecule has 1 amide bonds. The third-order valence-electron chi connectivity index (χ3n) is 2.79. The van der Waals surface area contributed by atoms with Crippen molar-refractivity contribution in [2.45, 2.75) is 13.0 Å². The number of carbonyl (C=O) groups is 1. The Bertz CT molecular complexity index is 699. The number of carbonyl (C=O) groups excluding carboxylic acids is 1. The van der Waals surface area contributed by atoms with Gasteiger partial charge in [0.1, 0.15) is 4.92 Å². The second-order valence-corrected chi connectivity index (χ2v) is 5.08. The van der Waals surface area contributed by atoms with E-state index in [9.17, 15) is 14.9 Å². The highest BCUT2D eigenvalue weighted by atomic mass is 35.5. The van der Waals surface area contributed by atoms with Crippen LogP contribution in [0.2, 0.25) is 10.0 Å². The summed E-state index contributed by atoms with van der Waals surface area (Å²) in [5.74, 6) is -1.17. The van der Waals surface area contributed by atoms with Gasteiger partial charge in [-0.05, 0) is 30.7 Å². The summed E-state index contributed by atoms with van der Waals surface area (Å²) in [6.07, 6.45) is 0. The van der Waals surface area contributed by atoms with Crippen LogP contribution in [0, 0.1) is 10.1 Å². The molecule has 0 bridgehead atoms. The third kappa shape index (κ3) is 3.53. The Labute approximate surface area is 129 Å². The summed E-state index contributed by atoms with van der Waals surface area (Å²) >= 11 is 11.7. The molecule has 1 unspecified atom stereocenters. The van der Waals surface area contributed by atoms with Gasteiger partial charge in [-0.3, -0.25) is 14.9 Å². The zero-order valence-electron chi connectivity index (χ0n) is 10.8. The van der Waals surface area contributed by atoms with Crippen LogP contribution in [0.1, 0.15) is 29.1 Å². The van der Waals surface area contributed by atoms with Crippen molar-refractivity contribution in [3.63, 3.8) is 0 Å². The Morgan fingerprint density at radius 3 is 2.57 bits per heavy atom. The van der Waals surface area contributed by atoms with Crippen molar-refractivity contribution in [2.75, 3.05) is 0 Å². The van der Waals surface area contributed by atoms with Gasteiger partial charge in [-0.15, -0.1) is 0 Å². The van der Waals surface area contributed by atoms with E-state index in [2.05, 4.69) is 5.32 Å². The molecule has 2 rings (SSSR count). The van der Waals surface area contributed by atoms with Crippen LogP contribution in [-0.2, 0) is 0 Å². The number of hydrogen-bond donors (Lipinski definition) is 1. The lowest BCUT2D eigenvalue weighted by Gasteiger charge is -2.13. The van der Waals surface area contributed by atoms with Gasteiger partial charge in [0.05, 0.1) is 22.2 Å². The van der Waals surface area contributed by atoms with Crippen LogP contribution in [0.4, 0.5) is 5.88 Å². The average Bonchev–Trinajstić information content (AvgIpc) is 2.91. The van der Waals surface area contributed by atoms with Gasteiger partial charge in [0.25, 0.3) is 5.91 Å². The van der Waals surface area contributed by atoms with Gasteiger partial charge in [-0.1, -0.05) is 29.3 Å². The van der Waals surface area contributed by atoms with Gasteiger partial charge in [0, 0.05) is 0 Å². The van der Waals surface area contributed by atoms with Crippen LogP contribution >= 0.6 is 23.2 Å². The summed E-state index contributed by atoms with van der Waals surface area (Å²) in [7, 11) is 0. The number of nitro groups is 1. The Kier molecular flexibility index (Phi) is 4.50. The van der Waals surface area contributed by atoms with E-state index in [-0.39, 0.29) is 11.8 Å². The van der Waals surface area contributed by atoms with Crippen LogP contribution < -0.4 is 5.32 Å². The highest BCUT2D eigenvalue weighted by Crippen LogP contribution is 2.26. The largest absolute Gasteiger partial charge is 0.433 e. The lowest BCUT2D eigenvalue weighted by atomic mass is 10.1. The van der Waals surface area contributed by atoms with Crippen molar-refractivity contribution in [3.8, 4) is 0 Å². The number of rotatable bonds is 4. The van der Waals surface area contributed by atoms with Gasteiger partial charge in [0.2, 0.25) is 0 Å². The summed E-state index contributed by atoms with van der Waals surface area (Å²) in [6.45, 7) is 1.74. The highest BCUT2D eigenvalue weighted by Gasteiger charge is 2.19. The van der Waals surface area contributed by atoms with E-state index in [0.717, 1.165) is 11.6 Å². The summed E-state index contributed by atoms with van der Waals surface area (Å²) in [6, 6.07) is 6.99. The predicted octanol–water partition coefficient (Wildman–Crippen LogP) is 3.99. The molecule has 110 valence electrons. The summed E-state index contributed by atoms with van der Waals surface area (Å²) < 4.78 is 4.83. The van der Waals surface area contributed by atoms with E-state index in [4.69, 9.17) is 27.6 Å². The fourth-order valence-electron chi connectivity index (χ4n) is 1.68. The van der Waals surface area contributed by atoms with Crippen LogP contribution in [0.25, 0.3) is 0 Å². The van der Waals surface area contributed by atoms with E-state index in [1.54, 1.807) is 25.1 Å². The van der Waals surface area contributed by atoms with E-state index in [1.807, 2.05) is 0 Å². The van der Waals surface area contributed by atoms with Crippen LogP contribution in [0.5, 0.6) is 0 Å². The smallest absolute Gasteiger partial charge is 0.395 e. The Morgan fingerprint density at radius 1 is 1.29 bits per heavy atom. The quantitative estimate of drug-likeness (QED) is 0.679. The lowest BCUT2D eigenvalue weighted by molar-refractivity contribution is -0.402. The normalized spacial score (nSPS) is 12.0. The molecule has 0 spiro atoms. The number of amides is 1. The number of benzene rings is 1. The van der Waals surface area contributed by atoms with Crippen LogP contribution in [-0.4, -0.2) is 10.8 Å². The molecule has 0 saturated heterocycles. The van der Waals surface area contributed by atoms with Gasteiger partial charge in [-0.25, -0.2) is 0 Å². The Hall–Kier alpha value is -2.05. The van der Waals surface area contributed by atoms with Gasteiger partial charge < -0.3 is 9.73 Å². The summed E-state index contributed by atoms with van der Waals surface area (Å²) in [5.41, 5.74) is 0.749. The summed E-state index contributed by atoms with van der Waals surface area (Å²) in [5, 5.41) is 14.0. The predicted molar refractivity (Wildman–Crippen MR) is 77.7 cm³/mol. The van der Waals surface area contributed by atoms with Gasteiger partial charge in [-0.2, -0.15) is 0 Å². The zero-order valence-corrected chi connectivity index (χ0v) is 12.3. The zero-order chi connectivity index (χ0) is 15.6. The molecule has 8 heteroatoms. The molecule has 1 heterocycles. The van der Waals surface area contributed by atoms with E-state index < -0.39 is 16.7 Å². The second-order valence-electron chi connectivity index (χ2n) is 4.26. The molecule has 2 aromatic rings. The number of nitrogens with one attached hydrogen (secondary N) is 1. The molecule has 0 fully saturated rings. The Balaban J connectivity index is 2.10. The molecule has 1 N–H and O–H groups in total. The number of halogens is 2. The van der Waals surface area contributed by atoms with Crippen molar-refractivity contribution >= 4 is 35.0 Å². The fraction of sp³-hybridized carbons (Fsp3) is 0.154. The minimum Gasteiger partial charge on any atom is -0.395 e. The molecule has 21 heavy (non-hydrogen) atoms. The number of hydrogen-bond acceptors (Lipinski definition) is 4. The maximum Gasteiger partial charge on any atom is 0.433 e. The minimum absolute atomic E-state index is 0.131. The molecule has 6 nitrogen and oxygen atoms in total. The molecule has 0 radical (unpaired) electrons. The maximum atomic E-state index is 11.9. The summed E-state index contributed by atoms with van der Waals surface area (Å²) in [4.78, 5) is 21.7. The molecule has 1 aromatic heterocycles. The topological polar surface area (TPSA) is 85.4 Å². The first-order chi connectivity index (χ1) is 9.88. The van der Waals surface area contributed by atoms with Crippen molar-refractivity contribution in [1.29, 1.82) is 0 Å². The van der Waals surface area contributed by atoms with E-state index in [0.29, 0.717) is 10.0 Å². The molecule has 0 saturated carbocycles. The van der Waals surface area contributed by atoms with Crippen molar-refractivity contribution in [3.05, 3.63) is 61.8 Å². The van der Waals surface area contributed by atoms with Crippen LogP contribution in [0.3, 0.4) is 0 Å². The molecule has 0 aliphatic carbocycles. The minimum atomic E-state index is -0.709. The highest BCUT2D eigenvalue weighted by molar-refractivity contribution is 6.42. The molecule has 1 aromatic carbocycles. The van der Waals surface area contributed by atoms with E-state index in [1.165, 1.54) is 6.07 Å². The Morgan fingerprint density at radius 2 is 2.00 bits per heavy atom. The van der Waals surface area contributed by atoms with Crippen molar-refractivity contribution in [2.24, 2.45) is 0 Å².